The Balaban J connectivity index is 2.31. The number of nitrogens with two attached hydrogens (primary N) is 1. The van der Waals surface area contributed by atoms with Crippen molar-refractivity contribution in [2.45, 2.75) is 33.7 Å². The Hall–Kier alpha value is -1.09. The van der Waals surface area contributed by atoms with E-state index in [9.17, 15) is 0 Å². The molecule has 0 spiro atoms. The van der Waals surface area contributed by atoms with Crippen LogP contribution in [0.3, 0.4) is 0 Å². The molecule has 1 saturated carbocycles. The first-order valence-corrected chi connectivity index (χ1v) is 6.08. The van der Waals surface area contributed by atoms with Gasteiger partial charge in [0.2, 0.25) is 0 Å². The minimum absolute atomic E-state index is 0.0591. The smallest absolute Gasteiger partial charge is 0.141 e. The first kappa shape index (κ1) is 12.4. The van der Waals surface area contributed by atoms with Crippen LogP contribution >= 0.6 is 0 Å². The van der Waals surface area contributed by atoms with Crippen LogP contribution in [-0.2, 0) is 0 Å². The van der Waals surface area contributed by atoms with Gasteiger partial charge in [-0.3, -0.25) is 4.98 Å². The van der Waals surface area contributed by atoms with Crippen LogP contribution in [0.2, 0.25) is 0 Å². The molecule has 2 N–H and O–H groups in total. The zero-order valence-corrected chi connectivity index (χ0v) is 11.3. The van der Waals surface area contributed by atoms with Crippen molar-refractivity contribution in [3.63, 3.8) is 0 Å². The SMILES string of the molecule is COc1cccnc1C(N)C1C(C)(C)C1(C)C. The lowest BCUT2D eigenvalue weighted by Crippen LogP contribution is -2.18. The Morgan fingerprint density at radius 2 is 1.88 bits per heavy atom. The van der Waals surface area contributed by atoms with Crippen LogP contribution in [0.25, 0.3) is 0 Å². The van der Waals surface area contributed by atoms with Gasteiger partial charge >= 0.3 is 0 Å². The van der Waals surface area contributed by atoms with Crippen LogP contribution < -0.4 is 10.5 Å². The van der Waals surface area contributed by atoms with Crippen LogP contribution in [0.1, 0.15) is 39.4 Å². The van der Waals surface area contributed by atoms with Gasteiger partial charge in [0.1, 0.15) is 5.75 Å². The molecule has 0 saturated heterocycles. The number of rotatable bonds is 3. The minimum atomic E-state index is -0.0591. The van der Waals surface area contributed by atoms with Gasteiger partial charge in [-0.1, -0.05) is 27.7 Å². The second kappa shape index (κ2) is 3.70. The molecule has 1 heterocycles. The molecule has 2 rings (SSSR count). The van der Waals surface area contributed by atoms with Gasteiger partial charge in [0.15, 0.2) is 0 Å². The van der Waals surface area contributed by atoms with Gasteiger partial charge in [-0.15, -0.1) is 0 Å². The van der Waals surface area contributed by atoms with Crippen molar-refractivity contribution in [3.05, 3.63) is 24.0 Å². The molecule has 3 heteroatoms. The van der Waals surface area contributed by atoms with E-state index in [0.717, 1.165) is 11.4 Å². The van der Waals surface area contributed by atoms with Crippen molar-refractivity contribution in [2.24, 2.45) is 22.5 Å². The Morgan fingerprint density at radius 1 is 1.29 bits per heavy atom. The average Bonchev–Trinajstić information content (AvgIpc) is 2.68. The van der Waals surface area contributed by atoms with Crippen molar-refractivity contribution >= 4 is 0 Å². The molecular formula is C14H22N2O. The minimum Gasteiger partial charge on any atom is -0.495 e. The molecule has 3 nitrogen and oxygen atoms in total. The fourth-order valence-corrected chi connectivity index (χ4v) is 3.13. The molecular weight excluding hydrogens is 212 g/mol. The number of aromatic nitrogens is 1. The topological polar surface area (TPSA) is 48.1 Å². The standard InChI is InChI=1S/C14H22N2O/c1-13(2)12(14(13,3)4)10(15)11-9(17-5)7-6-8-16-11/h6-8,10,12H,15H2,1-5H3. The lowest BCUT2D eigenvalue weighted by atomic mass is 10.0. The number of hydrogen-bond donors (Lipinski definition) is 1. The van der Waals surface area contributed by atoms with Crippen LogP contribution in [0.5, 0.6) is 5.75 Å². The van der Waals surface area contributed by atoms with Gasteiger partial charge in [-0.2, -0.15) is 0 Å². The molecule has 17 heavy (non-hydrogen) atoms. The molecule has 1 aliphatic rings. The summed E-state index contributed by atoms with van der Waals surface area (Å²) in [6.45, 7) is 9.08. The quantitative estimate of drug-likeness (QED) is 0.874. The zero-order chi connectivity index (χ0) is 12.8. The summed E-state index contributed by atoms with van der Waals surface area (Å²) >= 11 is 0. The predicted octanol–water partition coefficient (Wildman–Crippen LogP) is 2.77. The molecule has 0 bridgehead atoms. The summed E-state index contributed by atoms with van der Waals surface area (Å²) in [5, 5.41) is 0. The number of nitrogens with zero attached hydrogens (tertiary/aromatic N) is 1. The van der Waals surface area contributed by atoms with E-state index in [0.29, 0.717) is 5.92 Å². The Kier molecular flexibility index (Phi) is 2.69. The molecule has 1 aromatic heterocycles. The molecule has 1 unspecified atom stereocenters. The Labute approximate surface area is 103 Å². The third-order valence-corrected chi connectivity index (χ3v) is 4.83. The molecule has 0 amide bonds. The summed E-state index contributed by atoms with van der Waals surface area (Å²) in [6.07, 6.45) is 1.78. The zero-order valence-electron chi connectivity index (χ0n) is 11.3. The maximum absolute atomic E-state index is 6.39. The van der Waals surface area contributed by atoms with E-state index in [4.69, 9.17) is 10.5 Å². The third kappa shape index (κ3) is 1.64. The van der Waals surface area contributed by atoms with Gasteiger partial charge < -0.3 is 10.5 Å². The van der Waals surface area contributed by atoms with E-state index in [1.54, 1.807) is 13.3 Å². The van der Waals surface area contributed by atoms with Crippen molar-refractivity contribution in [2.75, 3.05) is 7.11 Å². The highest BCUT2D eigenvalue weighted by Gasteiger charge is 2.67. The van der Waals surface area contributed by atoms with Crippen molar-refractivity contribution in [3.8, 4) is 5.75 Å². The Bertz CT molecular complexity index is 412. The van der Waals surface area contributed by atoms with E-state index in [1.807, 2.05) is 12.1 Å². The van der Waals surface area contributed by atoms with Crippen LogP contribution in [0, 0.1) is 16.7 Å². The molecule has 0 aliphatic heterocycles. The lowest BCUT2D eigenvalue weighted by Gasteiger charge is -2.16. The summed E-state index contributed by atoms with van der Waals surface area (Å²) in [5.74, 6) is 1.23. The summed E-state index contributed by atoms with van der Waals surface area (Å²) in [7, 11) is 1.66. The number of hydrogen-bond acceptors (Lipinski definition) is 3. The van der Waals surface area contributed by atoms with Crippen molar-refractivity contribution < 1.29 is 4.74 Å². The highest BCUT2D eigenvalue weighted by atomic mass is 16.5. The van der Waals surface area contributed by atoms with Gasteiger partial charge in [0, 0.05) is 6.20 Å². The molecule has 1 aliphatic carbocycles. The first-order valence-electron chi connectivity index (χ1n) is 6.08. The van der Waals surface area contributed by atoms with E-state index >= 15 is 0 Å². The normalized spacial score (nSPS) is 23.2. The van der Waals surface area contributed by atoms with Gasteiger partial charge in [-0.25, -0.2) is 0 Å². The van der Waals surface area contributed by atoms with Crippen LogP contribution in [-0.4, -0.2) is 12.1 Å². The summed E-state index contributed by atoms with van der Waals surface area (Å²) in [5.41, 5.74) is 7.78. The molecule has 94 valence electrons. The molecule has 1 atom stereocenters. The second-order valence-electron chi connectivity index (χ2n) is 6.04. The predicted molar refractivity (Wildman–Crippen MR) is 68.8 cm³/mol. The van der Waals surface area contributed by atoms with Gasteiger partial charge in [0.05, 0.1) is 18.8 Å². The fourth-order valence-electron chi connectivity index (χ4n) is 3.13. The lowest BCUT2D eigenvalue weighted by molar-refractivity contribution is 0.390. The highest BCUT2D eigenvalue weighted by molar-refractivity contribution is 5.33. The fraction of sp³-hybridized carbons (Fsp3) is 0.643. The van der Waals surface area contributed by atoms with E-state index in [-0.39, 0.29) is 16.9 Å². The average molecular weight is 234 g/mol. The van der Waals surface area contributed by atoms with E-state index in [2.05, 4.69) is 32.7 Å². The van der Waals surface area contributed by atoms with Gasteiger partial charge in [0.25, 0.3) is 0 Å². The number of pyridine rings is 1. The van der Waals surface area contributed by atoms with E-state index in [1.165, 1.54) is 0 Å². The second-order valence-corrected chi connectivity index (χ2v) is 6.04. The maximum atomic E-state index is 6.39. The number of methoxy groups -OCH3 is 1. The highest BCUT2D eigenvalue weighted by Crippen LogP contribution is 2.71. The van der Waals surface area contributed by atoms with Crippen molar-refractivity contribution in [1.29, 1.82) is 0 Å². The largest absolute Gasteiger partial charge is 0.495 e. The Morgan fingerprint density at radius 3 is 2.35 bits per heavy atom. The number of ether oxygens (including phenoxy) is 1. The van der Waals surface area contributed by atoms with Crippen LogP contribution in [0.15, 0.2) is 18.3 Å². The summed E-state index contributed by atoms with van der Waals surface area (Å²) in [4.78, 5) is 4.39. The van der Waals surface area contributed by atoms with Crippen molar-refractivity contribution in [1.82, 2.24) is 4.98 Å². The van der Waals surface area contributed by atoms with Gasteiger partial charge in [-0.05, 0) is 28.9 Å². The first-order chi connectivity index (χ1) is 7.84. The monoisotopic (exact) mass is 234 g/mol. The third-order valence-electron chi connectivity index (χ3n) is 4.83. The molecule has 0 radical (unpaired) electrons. The van der Waals surface area contributed by atoms with Crippen LogP contribution in [0.4, 0.5) is 0 Å². The summed E-state index contributed by atoms with van der Waals surface area (Å²) in [6, 6.07) is 3.74. The van der Waals surface area contributed by atoms with E-state index < -0.39 is 0 Å². The molecule has 1 aromatic rings. The molecule has 1 fully saturated rings. The maximum Gasteiger partial charge on any atom is 0.141 e. The molecule has 0 aromatic carbocycles. The summed E-state index contributed by atoms with van der Waals surface area (Å²) < 4.78 is 5.34.